The first-order chi connectivity index (χ1) is 9.11. The standard InChI is InChI=1S/C16H21ClO2/c1-2-5-13(10-16(18)19)14-8-11-6-3-4-7-12(11)9-15(14)17/h8-9,13H,2-7,10H2,1H3,(H,18,19). The molecule has 1 aliphatic carbocycles. The van der Waals surface area contributed by atoms with Crippen LogP contribution in [0.15, 0.2) is 12.1 Å². The second-order valence-electron chi connectivity index (χ2n) is 5.43. The Morgan fingerprint density at radius 1 is 1.32 bits per heavy atom. The third kappa shape index (κ3) is 3.50. The summed E-state index contributed by atoms with van der Waals surface area (Å²) >= 11 is 6.38. The predicted molar refractivity (Wildman–Crippen MR) is 78.0 cm³/mol. The van der Waals surface area contributed by atoms with Crippen LogP contribution >= 0.6 is 11.6 Å². The molecule has 19 heavy (non-hydrogen) atoms. The largest absolute Gasteiger partial charge is 0.481 e. The first-order valence-corrected chi connectivity index (χ1v) is 7.52. The number of benzene rings is 1. The van der Waals surface area contributed by atoms with E-state index in [-0.39, 0.29) is 12.3 Å². The molecule has 1 aliphatic rings. The molecular formula is C16H21ClO2. The van der Waals surface area contributed by atoms with E-state index < -0.39 is 5.97 Å². The van der Waals surface area contributed by atoms with E-state index in [0.29, 0.717) is 0 Å². The fraction of sp³-hybridized carbons (Fsp3) is 0.562. The van der Waals surface area contributed by atoms with Gasteiger partial charge in [0.05, 0.1) is 6.42 Å². The van der Waals surface area contributed by atoms with E-state index in [9.17, 15) is 4.79 Å². The fourth-order valence-corrected chi connectivity index (χ4v) is 3.35. The minimum Gasteiger partial charge on any atom is -0.481 e. The Hall–Kier alpha value is -1.02. The van der Waals surface area contributed by atoms with Crippen molar-refractivity contribution in [1.82, 2.24) is 0 Å². The van der Waals surface area contributed by atoms with Crippen LogP contribution in [0.25, 0.3) is 0 Å². The molecule has 0 saturated carbocycles. The molecule has 0 radical (unpaired) electrons. The molecule has 0 amide bonds. The van der Waals surface area contributed by atoms with Gasteiger partial charge in [-0.3, -0.25) is 4.79 Å². The molecule has 1 aromatic carbocycles. The maximum atomic E-state index is 11.0. The van der Waals surface area contributed by atoms with Crippen molar-refractivity contribution in [3.05, 3.63) is 33.8 Å². The van der Waals surface area contributed by atoms with Gasteiger partial charge < -0.3 is 5.11 Å². The number of hydrogen-bond acceptors (Lipinski definition) is 1. The number of fused-ring (bicyclic) bond motifs is 1. The highest BCUT2D eigenvalue weighted by Crippen LogP contribution is 2.35. The zero-order valence-corrected chi connectivity index (χ0v) is 12.2. The summed E-state index contributed by atoms with van der Waals surface area (Å²) in [6.45, 7) is 2.08. The molecule has 1 N–H and O–H groups in total. The van der Waals surface area contributed by atoms with Gasteiger partial charge in [0.15, 0.2) is 0 Å². The number of carbonyl (C=O) groups is 1. The molecule has 0 saturated heterocycles. The Bertz CT molecular complexity index is 468. The molecular weight excluding hydrogens is 260 g/mol. The first kappa shape index (κ1) is 14.4. The molecule has 0 spiro atoms. The van der Waals surface area contributed by atoms with Gasteiger partial charge in [-0.05, 0) is 60.8 Å². The van der Waals surface area contributed by atoms with Gasteiger partial charge in [-0.2, -0.15) is 0 Å². The minimum absolute atomic E-state index is 0.0437. The van der Waals surface area contributed by atoms with Crippen LogP contribution in [0.3, 0.4) is 0 Å². The molecule has 2 nitrogen and oxygen atoms in total. The second kappa shape index (κ2) is 6.42. The Morgan fingerprint density at radius 2 is 1.95 bits per heavy atom. The van der Waals surface area contributed by atoms with Crippen molar-refractivity contribution in [3.8, 4) is 0 Å². The normalized spacial score (nSPS) is 15.9. The molecule has 1 atom stereocenters. The zero-order chi connectivity index (χ0) is 13.8. The molecule has 3 heteroatoms. The van der Waals surface area contributed by atoms with Crippen molar-refractivity contribution < 1.29 is 9.90 Å². The predicted octanol–water partition coefficient (Wildman–Crippen LogP) is 4.58. The van der Waals surface area contributed by atoms with Crippen LogP contribution in [-0.2, 0) is 17.6 Å². The average Bonchev–Trinajstić information content (AvgIpc) is 2.37. The van der Waals surface area contributed by atoms with Crippen LogP contribution in [0.5, 0.6) is 0 Å². The van der Waals surface area contributed by atoms with Gasteiger partial charge in [-0.25, -0.2) is 0 Å². The number of carboxylic acid groups (broad SMARTS) is 1. The highest BCUT2D eigenvalue weighted by molar-refractivity contribution is 6.31. The quantitative estimate of drug-likeness (QED) is 0.857. The maximum absolute atomic E-state index is 11.0. The Labute approximate surface area is 119 Å². The van der Waals surface area contributed by atoms with Gasteiger partial charge in [0.25, 0.3) is 0 Å². The summed E-state index contributed by atoms with van der Waals surface area (Å²) in [5.41, 5.74) is 3.76. The number of halogens is 1. The lowest BCUT2D eigenvalue weighted by atomic mass is 9.85. The SMILES string of the molecule is CCCC(CC(=O)O)c1cc2c(cc1Cl)CCCC2. The molecule has 0 fully saturated rings. The van der Waals surface area contributed by atoms with Crippen molar-refractivity contribution in [2.75, 3.05) is 0 Å². The molecule has 2 rings (SSSR count). The molecule has 1 unspecified atom stereocenters. The van der Waals surface area contributed by atoms with E-state index in [0.717, 1.165) is 36.3 Å². The van der Waals surface area contributed by atoms with Gasteiger partial charge in [0.1, 0.15) is 0 Å². The first-order valence-electron chi connectivity index (χ1n) is 7.14. The third-order valence-corrected chi connectivity index (χ3v) is 4.29. The topological polar surface area (TPSA) is 37.3 Å². The Morgan fingerprint density at radius 3 is 2.53 bits per heavy atom. The molecule has 0 bridgehead atoms. The van der Waals surface area contributed by atoms with E-state index >= 15 is 0 Å². The third-order valence-electron chi connectivity index (χ3n) is 3.96. The smallest absolute Gasteiger partial charge is 0.303 e. The van der Waals surface area contributed by atoms with E-state index in [1.54, 1.807) is 0 Å². The molecule has 0 heterocycles. The van der Waals surface area contributed by atoms with Gasteiger partial charge >= 0.3 is 5.97 Å². The van der Waals surface area contributed by atoms with Gasteiger partial charge in [0, 0.05) is 5.02 Å². The zero-order valence-electron chi connectivity index (χ0n) is 11.4. The molecule has 104 valence electrons. The molecule has 0 aromatic heterocycles. The van der Waals surface area contributed by atoms with Crippen LogP contribution in [0.2, 0.25) is 5.02 Å². The van der Waals surface area contributed by atoms with E-state index in [2.05, 4.69) is 19.1 Å². The number of aryl methyl sites for hydroxylation is 2. The lowest BCUT2D eigenvalue weighted by molar-refractivity contribution is -0.137. The van der Waals surface area contributed by atoms with Crippen LogP contribution in [-0.4, -0.2) is 11.1 Å². The average molecular weight is 281 g/mol. The lowest BCUT2D eigenvalue weighted by Gasteiger charge is -2.22. The van der Waals surface area contributed by atoms with Crippen LogP contribution in [0.4, 0.5) is 0 Å². The Kier molecular flexibility index (Phi) is 4.87. The van der Waals surface area contributed by atoms with Crippen molar-refractivity contribution >= 4 is 17.6 Å². The van der Waals surface area contributed by atoms with Crippen LogP contribution in [0.1, 0.15) is 61.6 Å². The monoisotopic (exact) mass is 280 g/mol. The maximum Gasteiger partial charge on any atom is 0.303 e. The van der Waals surface area contributed by atoms with Crippen molar-refractivity contribution in [2.45, 2.75) is 57.8 Å². The summed E-state index contributed by atoms with van der Waals surface area (Å²) in [7, 11) is 0. The second-order valence-corrected chi connectivity index (χ2v) is 5.84. The number of hydrogen-bond donors (Lipinski definition) is 1. The van der Waals surface area contributed by atoms with E-state index in [4.69, 9.17) is 16.7 Å². The highest BCUT2D eigenvalue weighted by atomic mass is 35.5. The molecule has 0 aliphatic heterocycles. The van der Waals surface area contributed by atoms with E-state index in [1.807, 2.05) is 0 Å². The van der Waals surface area contributed by atoms with Crippen molar-refractivity contribution in [2.24, 2.45) is 0 Å². The van der Waals surface area contributed by atoms with Crippen LogP contribution in [0, 0.1) is 0 Å². The van der Waals surface area contributed by atoms with Crippen molar-refractivity contribution in [1.29, 1.82) is 0 Å². The van der Waals surface area contributed by atoms with Crippen LogP contribution < -0.4 is 0 Å². The van der Waals surface area contributed by atoms with Gasteiger partial charge in [0.2, 0.25) is 0 Å². The fourth-order valence-electron chi connectivity index (χ4n) is 3.01. The van der Waals surface area contributed by atoms with E-state index in [1.165, 1.54) is 24.0 Å². The summed E-state index contributed by atoms with van der Waals surface area (Å²) in [6, 6.07) is 4.23. The molecule has 1 aromatic rings. The number of rotatable bonds is 5. The summed E-state index contributed by atoms with van der Waals surface area (Å²) in [4.78, 5) is 11.0. The summed E-state index contributed by atoms with van der Waals surface area (Å²) in [5, 5.41) is 9.81. The Balaban J connectivity index is 2.32. The minimum atomic E-state index is -0.743. The lowest BCUT2D eigenvalue weighted by Crippen LogP contribution is -2.10. The highest BCUT2D eigenvalue weighted by Gasteiger charge is 2.20. The number of aliphatic carboxylic acids is 1. The van der Waals surface area contributed by atoms with Crippen molar-refractivity contribution in [3.63, 3.8) is 0 Å². The summed E-state index contributed by atoms with van der Waals surface area (Å²) in [5.74, 6) is -0.700. The van der Waals surface area contributed by atoms with Gasteiger partial charge in [-0.15, -0.1) is 0 Å². The van der Waals surface area contributed by atoms with Gasteiger partial charge in [-0.1, -0.05) is 31.0 Å². The summed E-state index contributed by atoms with van der Waals surface area (Å²) < 4.78 is 0. The number of carboxylic acids is 1. The summed E-state index contributed by atoms with van der Waals surface area (Å²) in [6.07, 6.45) is 6.70.